The number of hydrogen-bond donors (Lipinski definition) is 0. The number of aldehydes is 1. The minimum atomic E-state index is 0.0769. The molecule has 62 heavy (non-hydrogen) atoms. The Hall–Kier alpha value is -3.47. The summed E-state index contributed by atoms with van der Waals surface area (Å²) in [5, 5.41) is 0. The normalized spacial score (nSPS) is 24.3. The Balaban J connectivity index is 0.000000187. The zero-order valence-electron chi connectivity index (χ0n) is 39.1. The van der Waals surface area contributed by atoms with Crippen molar-refractivity contribution in [3.05, 3.63) is 69.5 Å². The first-order valence-electron chi connectivity index (χ1n) is 25.2. The highest BCUT2D eigenvalue weighted by molar-refractivity contribution is 5.77. The number of aryl methyl sites for hydroxylation is 2. The zero-order valence-corrected chi connectivity index (χ0v) is 39.1. The average Bonchev–Trinajstić information content (AvgIpc) is 3.70. The fourth-order valence-corrected chi connectivity index (χ4v) is 12.2. The molecule has 2 saturated carbocycles. The van der Waals surface area contributed by atoms with E-state index < -0.39 is 0 Å². The summed E-state index contributed by atoms with van der Waals surface area (Å²) in [6, 6.07) is 16.9. The summed E-state index contributed by atoms with van der Waals surface area (Å²) in [6.45, 7) is 13.2. The number of carbonyl (C=O) groups excluding carboxylic acids is 1. The Morgan fingerprint density at radius 2 is 0.968 bits per heavy atom. The van der Waals surface area contributed by atoms with Crippen LogP contribution in [0.25, 0.3) is 22.1 Å². The molecule has 0 spiro atoms. The van der Waals surface area contributed by atoms with Crippen molar-refractivity contribution in [3.8, 4) is 0 Å². The van der Waals surface area contributed by atoms with Crippen molar-refractivity contribution < 1.29 is 4.79 Å². The predicted molar refractivity (Wildman–Crippen MR) is 256 cm³/mol. The van der Waals surface area contributed by atoms with Gasteiger partial charge in [-0.2, -0.15) is 0 Å². The summed E-state index contributed by atoms with van der Waals surface area (Å²) in [7, 11) is 4.33. The van der Waals surface area contributed by atoms with Gasteiger partial charge < -0.3 is 19.5 Å². The summed E-state index contributed by atoms with van der Waals surface area (Å²) in [4.78, 5) is 45.9. The molecule has 2 aromatic heterocycles. The van der Waals surface area contributed by atoms with Crippen LogP contribution in [-0.4, -0.2) is 99.2 Å². The molecule has 8 rings (SSSR count). The molecule has 2 saturated heterocycles. The molecular formula is C52H81N7O3. The fraction of sp³-hybridized carbons (Fsp3) is 0.712. The minimum Gasteiger partial charge on any atom is -0.309 e. The van der Waals surface area contributed by atoms with Gasteiger partial charge in [-0.3, -0.25) is 18.3 Å². The summed E-state index contributed by atoms with van der Waals surface area (Å²) < 4.78 is 7.99. The average molecular weight is 852 g/mol. The fourth-order valence-electron chi connectivity index (χ4n) is 12.2. The first kappa shape index (κ1) is 46.5. The summed E-state index contributed by atoms with van der Waals surface area (Å²) in [5.74, 6) is 2.39. The van der Waals surface area contributed by atoms with Crippen molar-refractivity contribution >= 4 is 28.4 Å². The van der Waals surface area contributed by atoms with Crippen LogP contribution in [0.3, 0.4) is 0 Å². The maximum absolute atomic E-state index is 13.5. The second-order valence-corrected chi connectivity index (χ2v) is 19.9. The monoisotopic (exact) mass is 852 g/mol. The van der Waals surface area contributed by atoms with Crippen LogP contribution in [0.4, 0.5) is 0 Å². The van der Waals surface area contributed by atoms with Crippen molar-refractivity contribution in [2.45, 2.75) is 155 Å². The van der Waals surface area contributed by atoms with Gasteiger partial charge in [0.2, 0.25) is 0 Å². The molecule has 342 valence electrons. The maximum Gasteiger partial charge on any atom is 0.329 e. The predicted octanol–water partition coefficient (Wildman–Crippen LogP) is 9.63. The van der Waals surface area contributed by atoms with E-state index in [2.05, 4.69) is 70.6 Å². The Labute approximate surface area is 372 Å². The van der Waals surface area contributed by atoms with Crippen LogP contribution in [-0.2, 0) is 17.9 Å². The van der Waals surface area contributed by atoms with E-state index in [1.807, 2.05) is 38.8 Å². The molecule has 10 heteroatoms. The van der Waals surface area contributed by atoms with Crippen LogP contribution < -0.4 is 11.4 Å². The Morgan fingerprint density at radius 1 is 0.565 bits per heavy atom. The lowest BCUT2D eigenvalue weighted by Gasteiger charge is -2.41. The molecule has 4 atom stereocenters. The van der Waals surface area contributed by atoms with Gasteiger partial charge in [-0.15, -0.1) is 0 Å². The van der Waals surface area contributed by atoms with Gasteiger partial charge in [0.25, 0.3) is 0 Å². The SMILES string of the molecule is CCn1c(=O)n(C2CCN(CC3CCCCCCC3)CC2CC=O)c2ccccc21.CCn1c(=O)n(C2CCN(CC3CCCCCCC3)CC2CCN(C)C)c2ccccc21. The van der Waals surface area contributed by atoms with E-state index in [9.17, 15) is 14.4 Å². The van der Waals surface area contributed by atoms with E-state index in [1.54, 1.807) is 0 Å². The van der Waals surface area contributed by atoms with Crippen LogP contribution >= 0.6 is 0 Å². The van der Waals surface area contributed by atoms with Gasteiger partial charge in [-0.25, -0.2) is 9.59 Å². The lowest BCUT2D eigenvalue weighted by Crippen LogP contribution is -2.46. The lowest BCUT2D eigenvalue weighted by molar-refractivity contribution is -0.109. The Kier molecular flexibility index (Phi) is 17.2. The molecule has 4 aliphatic rings. The van der Waals surface area contributed by atoms with Crippen molar-refractivity contribution in [2.24, 2.45) is 23.7 Å². The highest BCUT2D eigenvalue weighted by atomic mass is 16.2. The third-order valence-corrected chi connectivity index (χ3v) is 15.4. The van der Waals surface area contributed by atoms with Gasteiger partial charge in [0.05, 0.1) is 22.1 Å². The number of rotatable bonds is 13. The molecule has 4 fully saturated rings. The molecule has 0 radical (unpaired) electrons. The van der Waals surface area contributed by atoms with Crippen LogP contribution in [0, 0.1) is 23.7 Å². The number of fused-ring (bicyclic) bond motifs is 2. The van der Waals surface area contributed by atoms with Crippen LogP contribution in [0.15, 0.2) is 58.1 Å². The van der Waals surface area contributed by atoms with Crippen molar-refractivity contribution in [3.63, 3.8) is 0 Å². The van der Waals surface area contributed by atoms with E-state index in [0.29, 0.717) is 24.9 Å². The summed E-state index contributed by atoms with van der Waals surface area (Å²) in [6.07, 6.45) is 24.3. The molecule has 4 unspecified atom stereocenters. The van der Waals surface area contributed by atoms with Crippen LogP contribution in [0.1, 0.15) is 142 Å². The van der Waals surface area contributed by atoms with E-state index >= 15 is 0 Å². The highest BCUT2D eigenvalue weighted by Gasteiger charge is 2.35. The number of para-hydroxylation sites is 4. The summed E-state index contributed by atoms with van der Waals surface area (Å²) in [5.41, 5.74) is 4.48. The first-order chi connectivity index (χ1) is 30.3. The van der Waals surface area contributed by atoms with Crippen LogP contribution in [0.2, 0.25) is 0 Å². The molecular weight excluding hydrogens is 771 g/mol. The number of likely N-dealkylation sites (tertiary alicyclic amines) is 2. The third-order valence-electron chi connectivity index (χ3n) is 15.4. The Morgan fingerprint density at radius 3 is 1.39 bits per heavy atom. The van der Waals surface area contributed by atoms with Gasteiger partial charge in [-0.05, 0) is 127 Å². The molecule has 0 bridgehead atoms. The standard InChI is InChI=1S/C27H44N4O.C25H37N3O2/c1-4-30-25-14-10-11-15-26(25)31(27(30)32)24-17-19-29(21-23(24)16-18-28(2)3)20-22-12-8-6-5-7-9-13-22;1-2-27-23-12-8-9-13-24(23)28(25(27)30)22-14-16-26(19-21(22)15-17-29)18-20-10-6-4-3-5-7-11-20/h10-11,14-15,22-24H,4-9,12-13,16-21H2,1-3H3;8-9,12-13,17,20-22H,2-7,10-11,14-16,18-19H2,1H3. The third kappa shape index (κ3) is 11.2. The maximum atomic E-state index is 13.5. The van der Waals surface area contributed by atoms with E-state index in [0.717, 1.165) is 105 Å². The molecule has 2 aliphatic carbocycles. The van der Waals surface area contributed by atoms with Gasteiger partial charge in [0, 0.05) is 70.9 Å². The number of hydrogen-bond acceptors (Lipinski definition) is 6. The smallest absolute Gasteiger partial charge is 0.309 e. The van der Waals surface area contributed by atoms with Gasteiger partial charge >= 0.3 is 11.4 Å². The molecule has 4 aromatic rings. The van der Waals surface area contributed by atoms with E-state index in [-0.39, 0.29) is 23.3 Å². The van der Waals surface area contributed by atoms with E-state index in [1.165, 1.54) is 96.4 Å². The molecule has 4 heterocycles. The van der Waals surface area contributed by atoms with Gasteiger partial charge in [0.15, 0.2) is 0 Å². The quantitative estimate of drug-likeness (QED) is 0.125. The number of nitrogens with zero attached hydrogens (tertiary/aromatic N) is 7. The second-order valence-electron chi connectivity index (χ2n) is 19.9. The topological polar surface area (TPSA) is 80.7 Å². The van der Waals surface area contributed by atoms with Crippen molar-refractivity contribution in [2.75, 3.05) is 59.9 Å². The lowest BCUT2D eigenvalue weighted by atomic mass is 9.86. The summed E-state index contributed by atoms with van der Waals surface area (Å²) >= 11 is 0. The number of piperidine rings is 2. The number of aromatic nitrogens is 4. The van der Waals surface area contributed by atoms with Crippen molar-refractivity contribution in [1.29, 1.82) is 0 Å². The Bertz CT molecular complexity index is 2100. The minimum absolute atomic E-state index is 0.0769. The molecule has 10 nitrogen and oxygen atoms in total. The number of imidazole rings is 2. The number of carbonyl (C=O) groups is 1. The molecule has 0 amide bonds. The van der Waals surface area contributed by atoms with Crippen molar-refractivity contribution in [1.82, 2.24) is 33.0 Å². The largest absolute Gasteiger partial charge is 0.329 e. The van der Waals surface area contributed by atoms with Crippen LogP contribution in [0.5, 0.6) is 0 Å². The van der Waals surface area contributed by atoms with E-state index in [4.69, 9.17) is 0 Å². The molecule has 2 aliphatic heterocycles. The van der Waals surface area contributed by atoms with Gasteiger partial charge in [-0.1, -0.05) is 88.5 Å². The zero-order chi connectivity index (χ0) is 43.4. The second kappa shape index (κ2) is 22.9. The first-order valence-corrected chi connectivity index (χ1v) is 25.2. The molecule has 2 aromatic carbocycles. The molecule has 0 N–H and O–H groups in total. The number of benzene rings is 2. The van der Waals surface area contributed by atoms with Gasteiger partial charge in [0.1, 0.15) is 6.29 Å². The highest BCUT2D eigenvalue weighted by Crippen LogP contribution is 2.36.